The van der Waals surface area contributed by atoms with Crippen molar-refractivity contribution in [1.29, 1.82) is 0 Å². The zero-order chi connectivity index (χ0) is 14.5. The zero-order valence-electron chi connectivity index (χ0n) is 10.6. The number of hydrogen-bond donors (Lipinski definition) is 2. The monoisotopic (exact) mass is 287 g/mol. The number of thiocarbonyl (C=S) groups is 1. The molecule has 3 N–H and O–H groups in total. The smallest absolute Gasteiger partial charge is 0.261 e. The lowest BCUT2D eigenvalue weighted by Gasteiger charge is -2.08. The van der Waals surface area contributed by atoms with Gasteiger partial charge < -0.3 is 15.6 Å². The summed E-state index contributed by atoms with van der Waals surface area (Å²) in [4.78, 5) is 23.9. The molecule has 0 aliphatic heterocycles. The fourth-order valence-corrected chi connectivity index (χ4v) is 1.88. The maximum Gasteiger partial charge on any atom is 0.261 e. The van der Waals surface area contributed by atoms with Crippen LogP contribution in [-0.2, 0) is 11.3 Å². The second-order valence-corrected chi connectivity index (χ2v) is 4.57. The highest BCUT2D eigenvalue weighted by Crippen LogP contribution is 2.04. The molecule has 5 nitrogen and oxygen atoms in total. The molecule has 0 spiro atoms. The topological polar surface area (TPSA) is 77.1 Å². The first-order valence-corrected chi connectivity index (χ1v) is 6.33. The van der Waals surface area contributed by atoms with Crippen LogP contribution in [0.1, 0.15) is 5.56 Å². The van der Waals surface area contributed by atoms with Crippen molar-refractivity contribution >= 4 is 28.8 Å². The normalized spacial score (nSPS) is 10.0. The number of anilines is 1. The molecule has 0 saturated heterocycles. The first-order valence-electron chi connectivity index (χ1n) is 5.92. The predicted octanol–water partition coefficient (Wildman–Crippen LogP) is 1.12. The van der Waals surface area contributed by atoms with E-state index in [0.29, 0.717) is 5.69 Å². The van der Waals surface area contributed by atoms with Gasteiger partial charge in [0.05, 0.1) is 5.56 Å². The van der Waals surface area contributed by atoms with E-state index in [2.05, 4.69) is 5.32 Å². The Morgan fingerprint density at radius 2 is 1.90 bits per heavy atom. The summed E-state index contributed by atoms with van der Waals surface area (Å²) in [5.74, 6) is -0.293. The van der Waals surface area contributed by atoms with Gasteiger partial charge in [-0.1, -0.05) is 30.4 Å². The summed E-state index contributed by atoms with van der Waals surface area (Å²) in [6.45, 7) is -0.0931. The molecule has 0 unspecified atom stereocenters. The number of hydrogen-bond acceptors (Lipinski definition) is 3. The van der Waals surface area contributed by atoms with Gasteiger partial charge in [-0.2, -0.15) is 0 Å². The summed E-state index contributed by atoms with van der Waals surface area (Å²) in [6.07, 6.45) is 1.52. The SMILES string of the molecule is NC(=S)c1cccn(CC(=O)Nc2ccccc2)c1=O. The van der Waals surface area contributed by atoms with Gasteiger partial charge >= 0.3 is 0 Å². The van der Waals surface area contributed by atoms with Gasteiger partial charge in [-0.3, -0.25) is 9.59 Å². The summed E-state index contributed by atoms with van der Waals surface area (Å²) in [7, 11) is 0. The van der Waals surface area contributed by atoms with Gasteiger partial charge in [-0.05, 0) is 24.3 Å². The van der Waals surface area contributed by atoms with Crippen LogP contribution in [0.2, 0.25) is 0 Å². The van der Waals surface area contributed by atoms with Crippen molar-refractivity contribution in [1.82, 2.24) is 4.57 Å². The molecule has 102 valence electrons. The fourth-order valence-electron chi connectivity index (χ4n) is 1.73. The lowest BCUT2D eigenvalue weighted by molar-refractivity contribution is -0.116. The van der Waals surface area contributed by atoms with Crippen LogP contribution in [0.5, 0.6) is 0 Å². The largest absolute Gasteiger partial charge is 0.389 e. The Morgan fingerprint density at radius 3 is 2.55 bits per heavy atom. The minimum absolute atomic E-state index is 0.0211. The molecule has 1 amide bonds. The van der Waals surface area contributed by atoms with Gasteiger partial charge in [0.25, 0.3) is 5.56 Å². The van der Waals surface area contributed by atoms with Crippen LogP contribution in [-0.4, -0.2) is 15.5 Å². The average molecular weight is 287 g/mol. The number of benzene rings is 1. The number of nitrogens with one attached hydrogen (secondary N) is 1. The van der Waals surface area contributed by atoms with Crippen molar-refractivity contribution in [2.45, 2.75) is 6.54 Å². The molecule has 0 bridgehead atoms. The van der Waals surface area contributed by atoms with Crippen LogP contribution in [0.4, 0.5) is 5.69 Å². The van der Waals surface area contributed by atoms with Gasteiger partial charge in [0.2, 0.25) is 5.91 Å². The van der Waals surface area contributed by atoms with Gasteiger partial charge in [-0.15, -0.1) is 0 Å². The zero-order valence-corrected chi connectivity index (χ0v) is 11.4. The Labute approximate surface area is 121 Å². The molecule has 0 atom stereocenters. The minimum Gasteiger partial charge on any atom is -0.389 e. The summed E-state index contributed by atoms with van der Waals surface area (Å²) in [5.41, 5.74) is 5.99. The summed E-state index contributed by atoms with van der Waals surface area (Å²) >= 11 is 4.79. The van der Waals surface area contributed by atoms with Crippen LogP contribution >= 0.6 is 12.2 Å². The lowest BCUT2D eigenvalue weighted by atomic mass is 10.2. The Hall–Kier alpha value is -2.47. The van der Waals surface area contributed by atoms with Crippen LogP contribution in [0.25, 0.3) is 0 Å². The third kappa shape index (κ3) is 3.30. The van der Waals surface area contributed by atoms with E-state index >= 15 is 0 Å². The molecule has 1 heterocycles. The molecule has 6 heteroatoms. The third-order valence-electron chi connectivity index (χ3n) is 2.66. The van der Waals surface area contributed by atoms with Gasteiger partial charge in [-0.25, -0.2) is 0 Å². The fraction of sp³-hybridized carbons (Fsp3) is 0.0714. The average Bonchev–Trinajstić information content (AvgIpc) is 2.42. The number of pyridine rings is 1. The van der Waals surface area contributed by atoms with Crippen LogP contribution in [0, 0.1) is 0 Å². The standard InChI is InChI=1S/C14H13N3O2S/c15-13(20)11-7-4-8-17(14(11)19)9-12(18)16-10-5-2-1-3-6-10/h1-8H,9H2,(H2,15,20)(H,16,18). The van der Waals surface area contributed by atoms with E-state index < -0.39 is 0 Å². The molecule has 2 aromatic rings. The van der Waals surface area contributed by atoms with E-state index in [-0.39, 0.29) is 28.6 Å². The molecule has 0 aliphatic rings. The molecule has 2 rings (SSSR count). The van der Waals surface area contributed by atoms with Gasteiger partial charge in [0.15, 0.2) is 0 Å². The Bertz CT molecular complexity index is 695. The highest BCUT2D eigenvalue weighted by atomic mass is 32.1. The minimum atomic E-state index is -0.372. The first kappa shape index (κ1) is 14.0. The van der Waals surface area contributed by atoms with Crippen molar-refractivity contribution in [2.24, 2.45) is 5.73 Å². The third-order valence-corrected chi connectivity index (χ3v) is 2.88. The number of nitrogens with zero attached hydrogens (tertiary/aromatic N) is 1. The van der Waals surface area contributed by atoms with E-state index in [4.69, 9.17) is 18.0 Å². The van der Waals surface area contributed by atoms with Crippen LogP contribution in [0.15, 0.2) is 53.5 Å². The Balaban J connectivity index is 2.15. The molecular formula is C14H13N3O2S. The number of carbonyl (C=O) groups is 1. The molecule has 1 aromatic heterocycles. The molecule has 1 aromatic carbocycles. The van der Waals surface area contributed by atoms with Crippen molar-refractivity contribution in [2.75, 3.05) is 5.32 Å². The van der Waals surface area contributed by atoms with Crippen molar-refractivity contribution in [3.05, 3.63) is 64.6 Å². The lowest BCUT2D eigenvalue weighted by Crippen LogP contribution is -2.32. The number of rotatable bonds is 4. The van der Waals surface area contributed by atoms with Crippen molar-refractivity contribution < 1.29 is 4.79 Å². The highest BCUT2D eigenvalue weighted by molar-refractivity contribution is 7.80. The second-order valence-electron chi connectivity index (χ2n) is 4.13. The molecule has 0 aliphatic carbocycles. The van der Waals surface area contributed by atoms with Crippen LogP contribution < -0.4 is 16.6 Å². The highest BCUT2D eigenvalue weighted by Gasteiger charge is 2.09. The molecule has 0 radical (unpaired) electrons. The number of nitrogens with two attached hydrogens (primary N) is 1. The summed E-state index contributed by atoms with van der Waals surface area (Å²) in [6, 6.07) is 12.2. The molecular weight excluding hydrogens is 274 g/mol. The van der Waals surface area contributed by atoms with E-state index in [0.717, 1.165) is 0 Å². The maximum absolute atomic E-state index is 12.0. The van der Waals surface area contributed by atoms with E-state index in [1.165, 1.54) is 16.8 Å². The predicted molar refractivity (Wildman–Crippen MR) is 81.7 cm³/mol. The second kappa shape index (κ2) is 6.12. The van der Waals surface area contributed by atoms with E-state index in [9.17, 15) is 9.59 Å². The number of para-hydroxylation sites is 1. The Kier molecular flexibility index (Phi) is 4.27. The maximum atomic E-state index is 12.0. The summed E-state index contributed by atoms with van der Waals surface area (Å²) in [5, 5.41) is 2.70. The number of carbonyl (C=O) groups excluding carboxylic acids is 1. The van der Waals surface area contributed by atoms with Crippen molar-refractivity contribution in [3.63, 3.8) is 0 Å². The van der Waals surface area contributed by atoms with E-state index in [1.54, 1.807) is 18.2 Å². The van der Waals surface area contributed by atoms with E-state index in [1.807, 2.05) is 18.2 Å². The quantitative estimate of drug-likeness (QED) is 0.826. The first-order chi connectivity index (χ1) is 9.58. The molecule has 20 heavy (non-hydrogen) atoms. The Morgan fingerprint density at radius 1 is 1.20 bits per heavy atom. The number of aromatic nitrogens is 1. The van der Waals surface area contributed by atoms with Gasteiger partial charge in [0.1, 0.15) is 11.5 Å². The molecule has 0 saturated carbocycles. The number of amides is 1. The van der Waals surface area contributed by atoms with Crippen molar-refractivity contribution in [3.8, 4) is 0 Å². The molecule has 0 fully saturated rings. The van der Waals surface area contributed by atoms with Gasteiger partial charge in [0, 0.05) is 11.9 Å². The van der Waals surface area contributed by atoms with Crippen LogP contribution in [0.3, 0.4) is 0 Å². The summed E-state index contributed by atoms with van der Waals surface area (Å²) < 4.78 is 1.27.